The molecule has 3 nitrogen and oxygen atoms in total. The molecule has 0 unspecified atom stereocenters. The Kier molecular flexibility index (Phi) is 5.95. The van der Waals surface area contributed by atoms with Crippen LogP contribution in [-0.2, 0) is 14.9 Å². The number of halogens is 1. The minimum absolute atomic E-state index is 0.0223. The van der Waals surface area contributed by atoms with Gasteiger partial charge in [0.25, 0.3) is 0 Å². The third-order valence-electron chi connectivity index (χ3n) is 4.42. The van der Waals surface area contributed by atoms with Crippen molar-refractivity contribution in [3.05, 3.63) is 35.6 Å². The number of rotatable bonds is 7. The number of benzene rings is 1. The highest BCUT2D eigenvalue weighted by molar-refractivity contribution is 5.76. The third kappa shape index (κ3) is 4.54. The van der Waals surface area contributed by atoms with E-state index in [1.54, 1.807) is 0 Å². The fourth-order valence-corrected chi connectivity index (χ4v) is 3.17. The largest absolute Gasteiger partial charge is 0.378 e. The molecule has 22 heavy (non-hydrogen) atoms. The predicted molar refractivity (Wildman–Crippen MR) is 85.3 cm³/mol. The molecule has 0 bridgehead atoms. The summed E-state index contributed by atoms with van der Waals surface area (Å²) < 4.78 is 18.5. The second kappa shape index (κ2) is 7.73. The van der Waals surface area contributed by atoms with Crippen molar-refractivity contribution in [2.24, 2.45) is 0 Å². The maximum Gasteiger partial charge on any atom is 0.222 e. The molecule has 0 aromatic heterocycles. The van der Waals surface area contributed by atoms with Crippen LogP contribution in [0.25, 0.3) is 0 Å². The molecule has 0 atom stereocenters. The van der Waals surface area contributed by atoms with Gasteiger partial charge in [0.2, 0.25) is 5.91 Å². The maximum atomic E-state index is 13.1. The van der Waals surface area contributed by atoms with Crippen LogP contribution in [0.15, 0.2) is 24.3 Å². The van der Waals surface area contributed by atoms with Crippen molar-refractivity contribution in [1.82, 2.24) is 5.32 Å². The zero-order chi connectivity index (χ0) is 16.0. The Bertz CT molecular complexity index is 478. The summed E-state index contributed by atoms with van der Waals surface area (Å²) in [5.41, 5.74) is 1.09. The van der Waals surface area contributed by atoms with Crippen LogP contribution in [0.4, 0.5) is 4.39 Å². The first-order chi connectivity index (χ1) is 10.5. The molecule has 0 aliphatic heterocycles. The summed E-state index contributed by atoms with van der Waals surface area (Å²) in [6.07, 6.45) is 4.93. The zero-order valence-electron chi connectivity index (χ0n) is 13.5. The summed E-state index contributed by atoms with van der Waals surface area (Å²) in [4.78, 5) is 12.0. The first-order valence-corrected chi connectivity index (χ1v) is 8.16. The van der Waals surface area contributed by atoms with Gasteiger partial charge in [-0.25, -0.2) is 4.39 Å². The number of carbonyl (C=O) groups excluding carboxylic acids is 1. The highest BCUT2D eigenvalue weighted by atomic mass is 19.1. The molecule has 2 rings (SSSR count). The van der Waals surface area contributed by atoms with Gasteiger partial charge in [-0.05, 0) is 44.4 Å². The van der Waals surface area contributed by atoms with E-state index in [9.17, 15) is 9.18 Å². The monoisotopic (exact) mass is 307 g/mol. The van der Waals surface area contributed by atoms with Crippen molar-refractivity contribution in [2.75, 3.05) is 13.2 Å². The summed E-state index contributed by atoms with van der Waals surface area (Å²) in [7, 11) is 0. The van der Waals surface area contributed by atoms with E-state index in [4.69, 9.17) is 4.74 Å². The number of carbonyl (C=O) groups is 1. The minimum Gasteiger partial charge on any atom is -0.378 e. The molecule has 1 aromatic rings. The average Bonchev–Trinajstić information content (AvgIpc) is 2.95. The fraction of sp³-hybridized carbons (Fsp3) is 0.611. The summed E-state index contributed by atoms with van der Waals surface area (Å²) in [6, 6.07) is 6.73. The summed E-state index contributed by atoms with van der Waals surface area (Å²) in [5.74, 6) is -0.194. The highest BCUT2D eigenvalue weighted by Gasteiger charge is 2.35. The second-order valence-corrected chi connectivity index (χ2v) is 6.44. The third-order valence-corrected chi connectivity index (χ3v) is 4.42. The smallest absolute Gasteiger partial charge is 0.222 e. The van der Waals surface area contributed by atoms with Crippen molar-refractivity contribution in [1.29, 1.82) is 0 Å². The number of ether oxygens (including phenoxy) is 1. The Morgan fingerprint density at radius 3 is 2.50 bits per heavy atom. The fourth-order valence-electron chi connectivity index (χ4n) is 3.17. The quantitative estimate of drug-likeness (QED) is 0.836. The average molecular weight is 307 g/mol. The Labute approximate surface area is 132 Å². The SMILES string of the molecule is CC(C)OCCC(=O)NCC1(c2ccc(F)cc2)CCCC1. The lowest BCUT2D eigenvalue weighted by Gasteiger charge is -2.30. The first kappa shape index (κ1) is 16.9. The Morgan fingerprint density at radius 2 is 1.91 bits per heavy atom. The molecule has 0 spiro atoms. The van der Waals surface area contributed by atoms with Crippen molar-refractivity contribution in [3.63, 3.8) is 0 Å². The lowest BCUT2D eigenvalue weighted by molar-refractivity contribution is -0.122. The van der Waals surface area contributed by atoms with Gasteiger partial charge < -0.3 is 10.1 Å². The molecule has 1 aromatic carbocycles. The van der Waals surface area contributed by atoms with Gasteiger partial charge in [0.15, 0.2) is 0 Å². The first-order valence-electron chi connectivity index (χ1n) is 8.16. The van der Waals surface area contributed by atoms with Gasteiger partial charge in [0, 0.05) is 18.4 Å². The standard InChI is InChI=1S/C18H26FNO2/c1-14(2)22-12-9-17(21)20-13-18(10-3-4-11-18)15-5-7-16(19)8-6-15/h5-8,14H,3-4,9-13H2,1-2H3,(H,20,21). The number of hydrogen-bond acceptors (Lipinski definition) is 2. The molecule has 1 aliphatic carbocycles. The maximum absolute atomic E-state index is 13.1. The van der Waals surface area contributed by atoms with E-state index in [0.717, 1.165) is 31.2 Å². The van der Waals surface area contributed by atoms with Gasteiger partial charge in [-0.1, -0.05) is 25.0 Å². The molecule has 0 saturated heterocycles. The molecule has 1 N–H and O–H groups in total. The van der Waals surface area contributed by atoms with Crippen LogP contribution in [-0.4, -0.2) is 25.2 Å². The molecule has 1 amide bonds. The predicted octanol–water partition coefficient (Wildman–Crippen LogP) is 3.57. The van der Waals surface area contributed by atoms with E-state index in [-0.39, 0.29) is 23.2 Å². The van der Waals surface area contributed by atoms with Gasteiger partial charge in [-0.2, -0.15) is 0 Å². The molecule has 0 heterocycles. The van der Waals surface area contributed by atoms with Crippen LogP contribution < -0.4 is 5.32 Å². The zero-order valence-corrected chi connectivity index (χ0v) is 13.5. The number of amides is 1. The van der Waals surface area contributed by atoms with Gasteiger partial charge in [-0.3, -0.25) is 4.79 Å². The molecular formula is C18H26FNO2. The van der Waals surface area contributed by atoms with E-state index >= 15 is 0 Å². The number of hydrogen-bond donors (Lipinski definition) is 1. The van der Waals surface area contributed by atoms with Crippen LogP contribution in [0.1, 0.15) is 51.5 Å². The molecule has 1 fully saturated rings. The van der Waals surface area contributed by atoms with Crippen LogP contribution in [0.3, 0.4) is 0 Å². The molecule has 1 saturated carbocycles. The normalized spacial score (nSPS) is 16.9. The molecule has 0 radical (unpaired) electrons. The van der Waals surface area contributed by atoms with Crippen molar-refractivity contribution >= 4 is 5.91 Å². The van der Waals surface area contributed by atoms with E-state index < -0.39 is 0 Å². The van der Waals surface area contributed by atoms with Gasteiger partial charge in [-0.15, -0.1) is 0 Å². The second-order valence-electron chi connectivity index (χ2n) is 6.44. The van der Waals surface area contributed by atoms with E-state index in [1.807, 2.05) is 26.0 Å². The molecule has 1 aliphatic rings. The van der Waals surface area contributed by atoms with Crippen molar-refractivity contribution in [3.8, 4) is 0 Å². The van der Waals surface area contributed by atoms with E-state index in [2.05, 4.69) is 5.32 Å². The van der Waals surface area contributed by atoms with Crippen LogP contribution in [0.2, 0.25) is 0 Å². The van der Waals surface area contributed by atoms with Gasteiger partial charge >= 0.3 is 0 Å². The van der Waals surface area contributed by atoms with Crippen LogP contribution in [0.5, 0.6) is 0 Å². The minimum atomic E-state index is -0.216. The molecular weight excluding hydrogens is 281 g/mol. The van der Waals surface area contributed by atoms with E-state index in [0.29, 0.717) is 19.6 Å². The Morgan fingerprint density at radius 1 is 1.27 bits per heavy atom. The topological polar surface area (TPSA) is 38.3 Å². The van der Waals surface area contributed by atoms with Crippen LogP contribution in [0, 0.1) is 5.82 Å². The summed E-state index contributed by atoms with van der Waals surface area (Å²) in [5, 5.41) is 3.04. The van der Waals surface area contributed by atoms with Crippen LogP contribution >= 0.6 is 0 Å². The highest BCUT2D eigenvalue weighted by Crippen LogP contribution is 2.40. The summed E-state index contributed by atoms with van der Waals surface area (Å²) in [6.45, 7) is 4.99. The molecule has 4 heteroatoms. The lowest BCUT2D eigenvalue weighted by atomic mass is 9.79. The van der Waals surface area contributed by atoms with Crippen molar-refractivity contribution < 1.29 is 13.9 Å². The van der Waals surface area contributed by atoms with Gasteiger partial charge in [0.1, 0.15) is 5.82 Å². The van der Waals surface area contributed by atoms with E-state index in [1.165, 1.54) is 12.1 Å². The lowest BCUT2D eigenvalue weighted by Crippen LogP contribution is -2.39. The summed E-state index contributed by atoms with van der Waals surface area (Å²) >= 11 is 0. The molecule has 122 valence electrons. The van der Waals surface area contributed by atoms with Gasteiger partial charge in [0.05, 0.1) is 12.7 Å². The Hall–Kier alpha value is -1.42. The number of nitrogens with one attached hydrogen (secondary N) is 1. The van der Waals surface area contributed by atoms with Crippen molar-refractivity contribution in [2.45, 2.75) is 57.5 Å². The Balaban J connectivity index is 1.92.